The van der Waals surface area contributed by atoms with Gasteiger partial charge in [0.25, 0.3) is 15.6 Å². The Labute approximate surface area is 161 Å². The lowest BCUT2D eigenvalue weighted by atomic mass is 10.2. The number of hydrogen-bond donors (Lipinski definition) is 2. The van der Waals surface area contributed by atoms with Gasteiger partial charge in [-0.05, 0) is 36.4 Å². The minimum atomic E-state index is -5.06. The molecule has 2 N–H and O–H groups in total. The Morgan fingerprint density at radius 3 is 2.55 bits per heavy atom. The van der Waals surface area contributed by atoms with Gasteiger partial charge in [0.05, 0.1) is 40.4 Å². The Morgan fingerprint density at radius 2 is 1.90 bits per heavy atom. The van der Waals surface area contributed by atoms with Crippen molar-refractivity contribution in [3.63, 3.8) is 0 Å². The van der Waals surface area contributed by atoms with Crippen molar-refractivity contribution in [1.82, 2.24) is 9.78 Å². The maximum absolute atomic E-state index is 13.4. The van der Waals surface area contributed by atoms with Crippen molar-refractivity contribution in [2.45, 2.75) is 24.0 Å². The van der Waals surface area contributed by atoms with Gasteiger partial charge in [-0.15, -0.1) is 0 Å². The van der Waals surface area contributed by atoms with E-state index in [1.807, 2.05) is 6.07 Å². The van der Waals surface area contributed by atoms with Crippen LogP contribution >= 0.6 is 0 Å². The maximum atomic E-state index is 13.4. The first-order chi connectivity index (χ1) is 13.5. The van der Waals surface area contributed by atoms with Gasteiger partial charge in [0.1, 0.15) is 5.82 Å². The number of aromatic nitrogens is 2. The predicted molar refractivity (Wildman–Crippen MR) is 95.0 cm³/mol. The van der Waals surface area contributed by atoms with E-state index in [1.165, 1.54) is 22.9 Å². The van der Waals surface area contributed by atoms with Crippen LogP contribution in [0.4, 0.5) is 23.2 Å². The SMILES string of the molecule is N#CCCn1[nH]c(=O)c2cc(NS(=O)(=O)c3ccc(F)c(C(F)(F)F)c3)ccc21. The standard InChI is InChI=1S/C17H12F4N4O3S/c18-14-4-3-11(9-13(14)17(19,20)21)29(27,28)24-10-2-5-15-12(8-10)16(26)23-25(15)7-1-6-22/h2-5,8-9,24H,1,7H2,(H,23,26). The van der Waals surface area contributed by atoms with Crippen molar-refractivity contribution < 1.29 is 26.0 Å². The number of aromatic amines is 1. The highest BCUT2D eigenvalue weighted by Gasteiger charge is 2.35. The molecule has 3 aromatic rings. The normalized spacial score (nSPS) is 12.1. The first-order valence-corrected chi connectivity index (χ1v) is 9.50. The van der Waals surface area contributed by atoms with E-state index in [2.05, 4.69) is 9.82 Å². The molecule has 0 bridgehead atoms. The number of benzene rings is 2. The molecule has 0 saturated heterocycles. The molecule has 152 valence electrons. The van der Waals surface area contributed by atoms with Gasteiger partial charge in [-0.2, -0.15) is 18.4 Å². The molecule has 0 radical (unpaired) electrons. The zero-order valence-corrected chi connectivity index (χ0v) is 15.2. The molecule has 0 aliphatic heterocycles. The average Bonchev–Trinajstić information content (AvgIpc) is 2.94. The van der Waals surface area contributed by atoms with Crippen LogP contribution in [-0.2, 0) is 22.7 Å². The highest BCUT2D eigenvalue weighted by atomic mass is 32.2. The molecule has 0 amide bonds. The minimum Gasteiger partial charge on any atom is -0.283 e. The Balaban J connectivity index is 1.97. The van der Waals surface area contributed by atoms with Crippen LogP contribution in [-0.4, -0.2) is 18.2 Å². The molecule has 1 aromatic heterocycles. The molecule has 29 heavy (non-hydrogen) atoms. The summed E-state index contributed by atoms with van der Waals surface area (Å²) < 4.78 is 80.3. The fraction of sp³-hybridized carbons (Fsp3) is 0.176. The molecule has 0 atom stereocenters. The van der Waals surface area contributed by atoms with E-state index in [9.17, 15) is 30.8 Å². The number of rotatable bonds is 5. The molecule has 12 heteroatoms. The van der Waals surface area contributed by atoms with E-state index >= 15 is 0 Å². The molecule has 0 aliphatic carbocycles. The molecule has 7 nitrogen and oxygen atoms in total. The number of nitrogens with zero attached hydrogens (tertiary/aromatic N) is 2. The third-order valence-corrected chi connectivity index (χ3v) is 5.40. The van der Waals surface area contributed by atoms with Crippen LogP contribution in [0.1, 0.15) is 12.0 Å². The average molecular weight is 428 g/mol. The third kappa shape index (κ3) is 4.09. The van der Waals surface area contributed by atoms with Crippen LogP contribution < -0.4 is 10.3 Å². The third-order valence-electron chi connectivity index (χ3n) is 4.02. The van der Waals surface area contributed by atoms with E-state index in [1.54, 1.807) is 0 Å². The lowest BCUT2D eigenvalue weighted by Crippen LogP contribution is -2.16. The van der Waals surface area contributed by atoms with Gasteiger partial charge < -0.3 is 0 Å². The van der Waals surface area contributed by atoms with E-state index in [0.717, 1.165) is 0 Å². The molecule has 0 fully saturated rings. The van der Waals surface area contributed by atoms with E-state index in [4.69, 9.17) is 5.26 Å². The van der Waals surface area contributed by atoms with Crippen molar-refractivity contribution in [3.05, 3.63) is 58.1 Å². The monoisotopic (exact) mass is 428 g/mol. The highest BCUT2D eigenvalue weighted by Crippen LogP contribution is 2.33. The summed E-state index contributed by atoms with van der Waals surface area (Å²) in [5.74, 6) is -1.59. The lowest BCUT2D eigenvalue weighted by Gasteiger charge is -2.12. The largest absolute Gasteiger partial charge is 0.419 e. The van der Waals surface area contributed by atoms with Gasteiger partial charge in [-0.1, -0.05) is 0 Å². The van der Waals surface area contributed by atoms with Crippen molar-refractivity contribution >= 4 is 26.6 Å². The summed E-state index contributed by atoms with van der Waals surface area (Å²) >= 11 is 0. The number of fused-ring (bicyclic) bond motifs is 1. The van der Waals surface area contributed by atoms with Crippen molar-refractivity contribution in [2.75, 3.05) is 4.72 Å². The summed E-state index contributed by atoms with van der Waals surface area (Å²) in [7, 11) is -4.48. The van der Waals surface area contributed by atoms with Crippen molar-refractivity contribution in [2.24, 2.45) is 0 Å². The number of alkyl halides is 3. The van der Waals surface area contributed by atoms with Gasteiger partial charge in [0, 0.05) is 5.69 Å². The summed E-state index contributed by atoms with van der Waals surface area (Å²) in [6.07, 6.45) is -4.92. The number of hydrogen-bond acceptors (Lipinski definition) is 4. The Morgan fingerprint density at radius 1 is 1.17 bits per heavy atom. The molecular formula is C17H12F4N4O3S. The molecule has 0 aliphatic rings. The molecular weight excluding hydrogens is 416 g/mol. The van der Waals surface area contributed by atoms with Crippen LogP contribution in [0.3, 0.4) is 0 Å². The van der Waals surface area contributed by atoms with E-state index in [-0.39, 0.29) is 30.1 Å². The van der Waals surface area contributed by atoms with Crippen molar-refractivity contribution in [1.29, 1.82) is 5.26 Å². The fourth-order valence-corrected chi connectivity index (χ4v) is 3.78. The Bertz CT molecular complexity index is 1290. The Hall–Kier alpha value is -3.33. The number of anilines is 1. The second-order valence-electron chi connectivity index (χ2n) is 5.98. The second kappa shape index (κ2) is 7.25. The molecule has 0 spiro atoms. The molecule has 2 aromatic carbocycles. The summed E-state index contributed by atoms with van der Waals surface area (Å²) in [6, 6.07) is 7.19. The molecule has 1 heterocycles. The number of H-pyrrole nitrogens is 1. The van der Waals surface area contributed by atoms with Gasteiger partial charge in [0.2, 0.25) is 0 Å². The first-order valence-electron chi connectivity index (χ1n) is 8.02. The number of halogens is 4. The number of nitriles is 1. The van der Waals surface area contributed by atoms with Gasteiger partial charge >= 0.3 is 6.18 Å². The Kier molecular flexibility index (Phi) is 5.10. The van der Waals surface area contributed by atoms with Gasteiger partial charge in [-0.25, -0.2) is 12.8 Å². The molecule has 0 saturated carbocycles. The van der Waals surface area contributed by atoms with Crippen LogP contribution in [0, 0.1) is 17.1 Å². The summed E-state index contributed by atoms with van der Waals surface area (Å²) in [6.45, 7) is 0.218. The number of sulfonamides is 1. The van der Waals surface area contributed by atoms with Gasteiger partial charge in [-0.3, -0.25) is 19.3 Å². The van der Waals surface area contributed by atoms with Crippen LogP contribution in [0.2, 0.25) is 0 Å². The predicted octanol–water partition coefficient (Wildman–Crippen LogP) is 3.20. The van der Waals surface area contributed by atoms with Crippen LogP contribution in [0.25, 0.3) is 10.9 Å². The summed E-state index contributed by atoms with van der Waals surface area (Å²) in [5.41, 5.74) is -1.88. The lowest BCUT2D eigenvalue weighted by molar-refractivity contribution is -0.140. The van der Waals surface area contributed by atoms with E-state index in [0.29, 0.717) is 17.6 Å². The highest BCUT2D eigenvalue weighted by molar-refractivity contribution is 7.92. The fourth-order valence-electron chi connectivity index (χ4n) is 2.70. The molecule has 3 rings (SSSR count). The first kappa shape index (κ1) is 20.4. The number of aryl methyl sites for hydroxylation is 1. The van der Waals surface area contributed by atoms with Crippen LogP contribution in [0.5, 0.6) is 0 Å². The number of nitrogens with one attached hydrogen (secondary N) is 2. The minimum absolute atomic E-state index is 0.0704. The zero-order chi connectivity index (χ0) is 21.4. The second-order valence-corrected chi connectivity index (χ2v) is 7.66. The summed E-state index contributed by atoms with van der Waals surface area (Å²) in [4.78, 5) is 11.3. The topological polar surface area (TPSA) is 108 Å². The molecule has 0 unspecified atom stereocenters. The van der Waals surface area contributed by atoms with E-state index < -0.39 is 38.0 Å². The van der Waals surface area contributed by atoms with Crippen molar-refractivity contribution in [3.8, 4) is 6.07 Å². The maximum Gasteiger partial charge on any atom is 0.419 e. The smallest absolute Gasteiger partial charge is 0.283 e. The van der Waals surface area contributed by atoms with Gasteiger partial charge in [0.15, 0.2) is 0 Å². The van der Waals surface area contributed by atoms with Crippen LogP contribution in [0.15, 0.2) is 46.1 Å². The quantitative estimate of drug-likeness (QED) is 0.609. The zero-order valence-electron chi connectivity index (χ0n) is 14.4. The summed E-state index contributed by atoms with van der Waals surface area (Å²) in [5, 5.41) is 11.3.